The molecular weight excluding hydrogens is 196 g/mol. The molecule has 0 heterocycles. The van der Waals surface area contributed by atoms with E-state index < -0.39 is 0 Å². The molecule has 75 valence electrons. The molecule has 0 aromatic heterocycles. The van der Waals surface area contributed by atoms with E-state index in [2.05, 4.69) is 10.5 Å². The number of phenols is 1. The van der Waals surface area contributed by atoms with E-state index in [0.29, 0.717) is 6.61 Å². The first-order valence-electron chi connectivity index (χ1n) is 4.36. The average molecular weight is 209 g/mol. The lowest BCUT2D eigenvalue weighted by atomic mass is 10.1. The van der Waals surface area contributed by atoms with Gasteiger partial charge in [-0.25, -0.2) is 0 Å². The Hall–Kier alpha value is -0.843. The minimum atomic E-state index is -0.341. The molecule has 0 amide bonds. The van der Waals surface area contributed by atoms with Crippen molar-refractivity contribution in [2.24, 2.45) is 0 Å². The summed E-state index contributed by atoms with van der Waals surface area (Å²) in [6, 6.07) is 5.55. The molecule has 0 saturated carbocycles. The number of hydrogen-bond donors (Lipinski definition) is 1. The number of hydrogen-bond acceptors (Lipinski definition) is 3. The van der Waals surface area contributed by atoms with Gasteiger partial charge in [-0.15, -0.1) is 0 Å². The van der Waals surface area contributed by atoms with Crippen LogP contribution in [0.3, 0.4) is 0 Å². The lowest BCUT2D eigenvalue weighted by Crippen LogP contribution is -2.10. The van der Waals surface area contributed by atoms with Crippen LogP contribution in [0.4, 0.5) is 0 Å². The van der Waals surface area contributed by atoms with Gasteiger partial charge in [0.15, 0.2) is 0 Å². The van der Waals surface area contributed by atoms with Crippen LogP contribution in [0.25, 0.3) is 0 Å². The predicted octanol–water partition coefficient (Wildman–Crippen LogP) is 1.66. The van der Waals surface area contributed by atoms with Crippen LogP contribution in [0.1, 0.15) is 18.1 Å². The molecular formula is C10H13O3Si. The average Bonchev–Trinajstić information content (AvgIpc) is 2.20. The summed E-state index contributed by atoms with van der Waals surface area (Å²) >= 11 is 0. The van der Waals surface area contributed by atoms with E-state index in [4.69, 9.17) is 9.16 Å². The van der Waals surface area contributed by atoms with E-state index in [1.54, 1.807) is 6.92 Å². The van der Waals surface area contributed by atoms with Crippen molar-refractivity contribution in [1.29, 1.82) is 0 Å². The van der Waals surface area contributed by atoms with Gasteiger partial charge in [0, 0.05) is 5.56 Å². The first kappa shape index (κ1) is 11.2. The van der Waals surface area contributed by atoms with Crippen LogP contribution in [0.5, 0.6) is 5.75 Å². The van der Waals surface area contributed by atoms with E-state index in [1.165, 1.54) is 0 Å². The Morgan fingerprint density at radius 2 is 2.21 bits per heavy atom. The summed E-state index contributed by atoms with van der Waals surface area (Å²) in [5.74, 6) is 0.286. The molecule has 1 atom stereocenters. The zero-order chi connectivity index (χ0) is 10.6. The van der Waals surface area contributed by atoms with E-state index >= 15 is 0 Å². The van der Waals surface area contributed by atoms with Crippen molar-refractivity contribution < 1.29 is 14.3 Å². The molecule has 1 rings (SSSR count). The molecule has 0 spiro atoms. The number of aromatic hydroxyl groups is 1. The number of rotatable bonds is 4. The number of ether oxygens (including phenoxy) is 1. The summed E-state index contributed by atoms with van der Waals surface area (Å²) in [4.78, 5) is 0. The maximum atomic E-state index is 9.65. The lowest BCUT2D eigenvalue weighted by Gasteiger charge is -2.12. The third kappa shape index (κ3) is 2.83. The quantitative estimate of drug-likeness (QED) is 0.605. The van der Waals surface area contributed by atoms with Crippen LogP contribution < -0.4 is 0 Å². The summed E-state index contributed by atoms with van der Waals surface area (Å²) in [5, 5.41) is 9.65. The number of phenolic OH excluding ortho intramolecular Hbond substituents is 1. The van der Waals surface area contributed by atoms with Crippen LogP contribution >= 0.6 is 0 Å². The highest BCUT2D eigenvalue weighted by atomic mass is 28.2. The van der Waals surface area contributed by atoms with Crippen molar-refractivity contribution in [1.82, 2.24) is 0 Å². The summed E-state index contributed by atoms with van der Waals surface area (Å²) < 4.78 is 10.0. The predicted molar refractivity (Wildman–Crippen MR) is 53.9 cm³/mol. The van der Waals surface area contributed by atoms with Gasteiger partial charge in [-0.1, -0.05) is 18.2 Å². The molecule has 1 N–H and O–H groups in total. The van der Waals surface area contributed by atoms with Gasteiger partial charge in [0.2, 0.25) is 10.5 Å². The third-order valence-corrected chi connectivity index (χ3v) is 2.29. The first-order valence-corrected chi connectivity index (χ1v) is 4.77. The maximum Gasteiger partial charge on any atom is 0.249 e. The molecule has 0 aliphatic carbocycles. The van der Waals surface area contributed by atoms with Crippen molar-refractivity contribution in [2.45, 2.75) is 26.7 Å². The van der Waals surface area contributed by atoms with Gasteiger partial charge in [-0.05, 0) is 19.4 Å². The molecule has 1 unspecified atom stereocenters. The summed E-state index contributed by atoms with van der Waals surface area (Å²) in [6.45, 7) is 3.95. The molecule has 0 bridgehead atoms. The minimum absolute atomic E-state index is 0.286. The molecule has 0 saturated heterocycles. The Kier molecular flexibility index (Phi) is 4.12. The molecule has 1 aromatic carbocycles. The Morgan fingerprint density at radius 3 is 2.86 bits per heavy atom. The first-order chi connectivity index (χ1) is 6.65. The maximum absolute atomic E-state index is 9.65. The summed E-state index contributed by atoms with van der Waals surface area (Å²) in [5.41, 5.74) is 1.61. The van der Waals surface area contributed by atoms with Crippen LogP contribution in [0.15, 0.2) is 18.2 Å². The van der Waals surface area contributed by atoms with Crippen LogP contribution in [-0.2, 0) is 15.8 Å². The smallest absolute Gasteiger partial charge is 0.249 e. The zero-order valence-electron chi connectivity index (χ0n) is 8.28. The van der Waals surface area contributed by atoms with Gasteiger partial charge in [0.05, 0.1) is 6.61 Å². The fraction of sp³-hybridized carbons (Fsp3) is 0.400. The Labute approximate surface area is 87.2 Å². The molecule has 3 nitrogen and oxygen atoms in total. The number of para-hydroxylation sites is 1. The van der Waals surface area contributed by atoms with Gasteiger partial charge >= 0.3 is 0 Å². The second-order valence-corrected chi connectivity index (χ2v) is 3.31. The molecule has 0 fully saturated rings. The van der Waals surface area contributed by atoms with E-state index in [-0.39, 0.29) is 12.0 Å². The fourth-order valence-electron chi connectivity index (χ4n) is 1.08. The topological polar surface area (TPSA) is 38.7 Å². The summed E-state index contributed by atoms with van der Waals surface area (Å²) in [7, 11) is 2.88. The van der Waals surface area contributed by atoms with Crippen molar-refractivity contribution in [3.05, 3.63) is 29.3 Å². The van der Waals surface area contributed by atoms with Crippen LogP contribution in [0.2, 0.25) is 0 Å². The lowest BCUT2D eigenvalue weighted by molar-refractivity contribution is -0.0727. The Morgan fingerprint density at radius 1 is 1.50 bits per heavy atom. The zero-order valence-corrected chi connectivity index (χ0v) is 9.28. The van der Waals surface area contributed by atoms with E-state index in [9.17, 15) is 5.11 Å². The van der Waals surface area contributed by atoms with Gasteiger partial charge in [-0.2, -0.15) is 0 Å². The number of benzene rings is 1. The van der Waals surface area contributed by atoms with Crippen LogP contribution in [-0.4, -0.2) is 21.9 Å². The van der Waals surface area contributed by atoms with E-state index in [1.807, 2.05) is 25.1 Å². The van der Waals surface area contributed by atoms with Gasteiger partial charge in [0.25, 0.3) is 0 Å². The highest BCUT2D eigenvalue weighted by molar-refractivity contribution is 5.98. The third-order valence-electron chi connectivity index (χ3n) is 1.96. The van der Waals surface area contributed by atoms with Crippen LogP contribution in [0, 0.1) is 6.92 Å². The highest BCUT2D eigenvalue weighted by Gasteiger charge is 2.05. The monoisotopic (exact) mass is 209 g/mol. The fourth-order valence-corrected chi connectivity index (χ4v) is 1.15. The SMILES string of the molecule is Cc1cccc(COC(C)O[Si])c1O. The Balaban J connectivity index is 2.63. The minimum Gasteiger partial charge on any atom is -0.507 e. The second kappa shape index (κ2) is 5.14. The van der Waals surface area contributed by atoms with Gasteiger partial charge in [0.1, 0.15) is 12.0 Å². The molecule has 1 aromatic rings. The normalized spacial score (nSPS) is 12.8. The summed E-state index contributed by atoms with van der Waals surface area (Å²) in [6.07, 6.45) is -0.341. The van der Waals surface area contributed by atoms with Crippen molar-refractivity contribution in [2.75, 3.05) is 0 Å². The van der Waals surface area contributed by atoms with Crippen molar-refractivity contribution in [3.8, 4) is 5.75 Å². The molecule has 4 heteroatoms. The molecule has 14 heavy (non-hydrogen) atoms. The van der Waals surface area contributed by atoms with Crippen molar-refractivity contribution >= 4 is 10.5 Å². The Bertz CT molecular complexity index is 301. The highest BCUT2D eigenvalue weighted by Crippen LogP contribution is 2.22. The second-order valence-electron chi connectivity index (χ2n) is 3.08. The standard InChI is InChI=1S/C10H13O3Si/c1-7-4-3-5-9(10(7)11)6-12-8(2)13-14/h3-5,8,11H,6H2,1-2H3. The molecule has 0 aliphatic heterocycles. The van der Waals surface area contributed by atoms with E-state index in [0.717, 1.165) is 11.1 Å². The number of aryl methyl sites for hydroxylation is 1. The largest absolute Gasteiger partial charge is 0.507 e. The molecule has 3 radical (unpaired) electrons. The van der Waals surface area contributed by atoms with Crippen molar-refractivity contribution in [3.63, 3.8) is 0 Å². The van der Waals surface area contributed by atoms with Gasteiger partial charge in [-0.3, -0.25) is 0 Å². The van der Waals surface area contributed by atoms with Gasteiger partial charge < -0.3 is 14.3 Å². The molecule has 0 aliphatic rings.